The van der Waals surface area contributed by atoms with Gasteiger partial charge in [-0.05, 0) is 72.9 Å². The highest BCUT2D eigenvalue weighted by atomic mass is 19.2. The van der Waals surface area contributed by atoms with Crippen molar-refractivity contribution in [2.24, 2.45) is 5.92 Å². The molecule has 0 spiro atoms. The smallest absolute Gasteiger partial charge is 0.159 e. The standard InChI is InChI=1S/C22H25F3O/c1-2-3-15-4-7-17(8-5-15)18-11-19(23)13-20(12-18)26-14-16-6-9-21(24)22(25)10-16/h6,9-13,15,17H,2-5,7-8,14H2,1H3. The van der Waals surface area contributed by atoms with E-state index in [9.17, 15) is 13.2 Å². The number of halogens is 3. The van der Waals surface area contributed by atoms with Gasteiger partial charge in [0.05, 0.1) is 0 Å². The highest BCUT2D eigenvalue weighted by Gasteiger charge is 2.22. The molecule has 140 valence electrons. The Morgan fingerprint density at radius 2 is 1.69 bits per heavy atom. The zero-order valence-corrected chi connectivity index (χ0v) is 15.1. The predicted molar refractivity (Wildman–Crippen MR) is 96.7 cm³/mol. The first-order chi connectivity index (χ1) is 12.5. The van der Waals surface area contributed by atoms with Crippen molar-refractivity contribution in [3.05, 3.63) is 65.0 Å². The monoisotopic (exact) mass is 362 g/mol. The average molecular weight is 362 g/mol. The molecule has 0 aromatic heterocycles. The van der Waals surface area contributed by atoms with Crippen LogP contribution >= 0.6 is 0 Å². The van der Waals surface area contributed by atoms with Gasteiger partial charge < -0.3 is 4.74 Å². The van der Waals surface area contributed by atoms with E-state index in [1.165, 1.54) is 37.8 Å². The van der Waals surface area contributed by atoms with Crippen LogP contribution in [-0.4, -0.2) is 0 Å². The van der Waals surface area contributed by atoms with Gasteiger partial charge in [0.1, 0.15) is 18.2 Å². The fourth-order valence-corrected chi connectivity index (χ4v) is 3.89. The summed E-state index contributed by atoms with van der Waals surface area (Å²) in [6.07, 6.45) is 7.04. The minimum Gasteiger partial charge on any atom is -0.489 e. The molecule has 1 saturated carbocycles. The van der Waals surface area contributed by atoms with E-state index in [0.29, 0.717) is 17.2 Å². The lowest BCUT2D eigenvalue weighted by Gasteiger charge is -2.28. The van der Waals surface area contributed by atoms with Crippen molar-refractivity contribution in [3.8, 4) is 5.75 Å². The minimum absolute atomic E-state index is 0.0728. The molecule has 2 aromatic carbocycles. The van der Waals surface area contributed by atoms with Crippen LogP contribution in [0.15, 0.2) is 36.4 Å². The zero-order valence-electron chi connectivity index (χ0n) is 15.1. The van der Waals surface area contributed by atoms with Crippen LogP contribution < -0.4 is 4.74 Å². The summed E-state index contributed by atoms with van der Waals surface area (Å²) < 4.78 is 45.9. The summed E-state index contributed by atoms with van der Waals surface area (Å²) in [5.74, 6) is -0.521. The molecule has 26 heavy (non-hydrogen) atoms. The van der Waals surface area contributed by atoms with Gasteiger partial charge in [-0.25, -0.2) is 13.2 Å². The van der Waals surface area contributed by atoms with Crippen molar-refractivity contribution >= 4 is 0 Å². The summed E-state index contributed by atoms with van der Waals surface area (Å²) in [4.78, 5) is 0. The molecule has 0 heterocycles. The number of rotatable bonds is 6. The summed E-state index contributed by atoms with van der Waals surface area (Å²) in [7, 11) is 0. The van der Waals surface area contributed by atoms with E-state index in [4.69, 9.17) is 4.74 Å². The van der Waals surface area contributed by atoms with Crippen LogP contribution in [0.3, 0.4) is 0 Å². The van der Waals surface area contributed by atoms with Crippen molar-refractivity contribution in [2.75, 3.05) is 0 Å². The quantitative estimate of drug-likeness (QED) is 0.552. The third-order valence-corrected chi connectivity index (χ3v) is 5.30. The Bertz CT molecular complexity index is 736. The molecule has 4 heteroatoms. The lowest BCUT2D eigenvalue weighted by molar-refractivity contribution is 0.297. The van der Waals surface area contributed by atoms with Crippen LogP contribution in [0, 0.1) is 23.4 Å². The SMILES string of the molecule is CCCC1CCC(c2cc(F)cc(OCc3ccc(F)c(F)c3)c2)CC1. The Balaban J connectivity index is 1.65. The predicted octanol–water partition coefficient (Wildman–Crippen LogP) is 6.76. The third-order valence-electron chi connectivity index (χ3n) is 5.30. The van der Waals surface area contributed by atoms with Gasteiger partial charge in [0, 0.05) is 6.07 Å². The van der Waals surface area contributed by atoms with Gasteiger partial charge in [-0.2, -0.15) is 0 Å². The molecule has 3 rings (SSSR count). The molecule has 1 aliphatic carbocycles. The molecule has 0 unspecified atom stereocenters. The molecule has 0 saturated heterocycles. The lowest BCUT2D eigenvalue weighted by Crippen LogP contribution is -2.13. The number of ether oxygens (including phenoxy) is 1. The maximum absolute atomic E-state index is 14.0. The molecule has 0 atom stereocenters. The fraction of sp³-hybridized carbons (Fsp3) is 0.455. The summed E-state index contributed by atoms with van der Waals surface area (Å²) in [6, 6.07) is 8.45. The van der Waals surface area contributed by atoms with Crippen LogP contribution in [0.4, 0.5) is 13.2 Å². The molecular formula is C22H25F3O. The minimum atomic E-state index is -0.908. The number of benzene rings is 2. The molecular weight excluding hydrogens is 337 g/mol. The topological polar surface area (TPSA) is 9.23 Å². The molecule has 1 fully saturated rings. The van der Waals surface area contributed by atoms with Crippen LogP contribution in [0.5, 0.6) is 5.75 Å². The maximum atomic E-state index is 14.0. The van der Waals surface area contributed by atoms with Crippen LogP contribution in [-0.2, 0) is 6.61 Å². The molecule has 0 bridgehead atoms. The first kappa shape index (κ1) is 18.8. The van der Waals surface area contributed by atoms with Gasteiger partial charge in [-0.1, -0.05) is 25.8 Å². The van der Waals surface area contributed by atoms with E-state index in [0.717, 1.165) is 36.5 Å². The highest BCUT2D eigenvalue weighted by Crippen LogP contribution is 2.38. The molecule has 0 radical (unpaired) electrons. The molecule has 0 N–H and O–H groups in total. The van der Waals surface area contributed by atoms with Crippen LogP contribution in [0.25, 0.3) is 0 Å². The fourth-order valence-electron chi connectivity index (χ4n) is 3.89. The molecule has 2 aromatic rings. The summed E-state index contributed by atoms with van der Waals surface area (Å²) in [5.41, 5.74) is 1.48. The highest BCUT2D eigenvalue weighted by molar-refractivity contribution is 5.32. The maximum Gasteiger partial charge on any atom is 0.159 e. The van der Waals surface area contributed by atoms with E-state index < -0.39 is 11.6 Å². The Kier molecular flexibility index (Phi) is 6.23. The van der Waals surface area contributed by atoms with Crippen LogP contribution in [0.1, 0.15) is 62.5 Å². The summed E-state index contributed by atoms with van der Waals surface area (Å²) in [5, 5.41) is 0. The Morgan fingerprint density at radius 1 is 0.923 bits per heavy atom. The zero-order chi connectivity index (χ0) is 18.5. The van der Waals surface area contributed by atoms with Crippen molar-refractivity contribution in [2.45, 2.75) is 58.0 Å². The molecule has 1 aliphatic rings. The second kappa shape index (κ2) is 8.61. The normalized spacial score (nSPS) is 20.2. The second-order valence-electron chi connectivity index (χ2n) is 7.26. The van der Waals surface area contributed by atoms with Gasteiger partial charge in [0.2, 0.25) is 0 Å². The Labute approximate surface area is 153 Å². The first-order valence-corrected chi connectivity index (χ1v) is 9.42. The lowest BCUT2D eigenvalue weighted by atomic mass is 9.77. The van der Waals surface area contributed by atoms with E-state index in [2.05, 4.69) is 6.92 Å². The average Bonchev–Trinajstić information content (AvgIpc) is 2.63. The largest absolute Gasteiger partial charge is 0.489 e. The third kappa shape index (κ3) is 4.80. The Morgan fingerprint density at radius 3 is 2.38 bits per heavy atom. The van der Waals surface area contributed by atoms with Gasteiger partial charge >= 0.3 is 0 Å². The first-order valence-electron chi connectivity index (χ1n) is 9.42. The van der Waals surface area contributed by atoms with E-state index in [1.807, 2.05) is 6.07 Å². The van der Waals surface area contributed by atoms with E-state index in [-0.39, 0.29) is 12.4 Å². The van der Waals surface area contributed by atoms with Crippen molar-refractivity contribution < 1.29 is 17.9 Å². The van der Waals surface area contributed by atoms with Crippen LogP contribution in [0.2, 0.25) is 0 Å². The van der Waals surface area contributed by atoms with Gasteiger partial charge in [-0.3, -0.25) is 0 Å². The van der Waals surface area contributed by atoms with E-state index >= 15 is 0 Å². The van der Waals surface area contributed by atoms with Gasteiger partial charge in [0.15, 0.2) is 11.6 Å². The van der Waals surface area contributed by atoms with E-state index in [1.54, 1.807) is 6.07 Å². The van der Waals surface area contributed by atoms with Crippen molar-refractivity contribution in [1.82, 2.24) is 0 Å². The van der Waals surface area contributed by atoms with Gasteiger partial charge in [-0.15, -0.1) is 0 Å². The Hall–Kier alpha value is -1.97. The van der Waals surface area contributed by atoms with Gasteiger partial charge in [0.25, 0.3) is 0 Å². The second-order valence-corrected chi connectivity index (χ2v) is 7.26. The number of hydrogen-bond acceptors (Lipinski definition) is 1. The molecule has 0 amide bonds. The summed E-state index contributed by atoms with van der Waals surface area (Å²) in [6.45, 7) is 2.29. The van der Waals surface area contributed by atoms with Crippen molar-refractivity contribution in [3.63, 3.8) is 0 Å². The molecule has 1 nitrogen and oxygen atoms in total. The van der Waals surface area contributed by atoms with Crippen molar-refractivity contribution in [1.29, 1.82) is 0 Å². The molecule has 0 aliphatic heterocycles. The summed E-state index contributed by atoms with van der Waals surface area (Å²) >= 11 is 0. The number of hydrogen-bond donors (Lipinski definition) is 0.